The molecule has 0 saturated carbocycles. The van der Waals surface area contributed by atoms with Crippen molar-refractivity contribution in [3.05, 3.63) is 67.1 Å². The molecule has 23 heavy (non-hydrogen) atoms. The van der Waals surface area contributed by atoms with Crippen LogP contribution in [0.5, 0.6) is 0 Å². The highest BCUT2D eigenvalue weighted by atomic mass is 16.6. The number of nitrogens with zero attached hydrogens (tertiary/aromatic N) is 2. The van der Waals surface area contributed by atoms with E-state index in [0.717, 1.165) is 6.08 Å². The van der Waals surface area contributed by atoms with Crippen molar-refractivity contribution in [3.63, 3.8) is 0 Å². The minimum atomic E-state index is -1.10. The molecule has 1 N–H and O–H groups in total. The Kier molecular flexibility index (Phi) is 5.89. The van der Waals surface area contributed by atoms with E-state index in [9.17, 15) is 29.8 Å². The van der Waals surface area contributed by atoms with Crippen molar-refractivity contribution in [2.45, 2.75) is 12.8 Å². The van der Waals surface area contributed by atoms with Gasteiger partial charge in [0.25, 0.3) is 11.4 Å². The standard InChI is InChI=1S/C7H7NO4.C6H5NO4/c1-12-7(9)5-2-3-6(4-5)8(10)11;8-6(9)4-1-2-5(3-4)7(10)11/h3-4H,2H2,1H3;2-3H,1H2,(H,8,9). The van der Waals surface area contributed by atoms with Crippen LogP contribution in [0.2, 0.25) is 0 Å². The first kappa shape index (κ1) is 17.8. The van der Waals surface area contributed by atoms with Gasteiger partial charge >= 0.3 is 11.9 Å². The molecule has 2 aliphatic carbocycles. The zero-order valence-electron chi connectivity index (χ0n) is 11.9. The smallest absolute Gasteiger partial charge is 0.334 e. The first-order chi connectivity index (χ1) is 10.8. The van der Waals surface area contributed by atoms with Crippen LogP contribution in [0.15, 0.2) is 46.8 Å². The fraction of sp³-hybridized carbons (Fsp3) is 0.231. The maximum Gasteiger partial charge on any atom is 0.334 e. The van der Waals surface area contributed by atoms with Crippen molar-refractivity contribution >= 4 is 11.9 Å². The summed E-state index contributed by atoms with van der Waals surface area (Å²) in [4.78, 5) is 40.2. The maximum absolute atomic E-state index is 10.8. The molecule has 0 radical (unpaired) electrons. The van der Waals surface area contributed by atoms with Crippen LogP contribution in [-0.2, 0) is 14.3 Å². The van der Waals surface area contributed by atoms with E-state index in [1.54, 1.807) is 0 Å². The average molecular weight is 324 g/mol. The number of ether oxygens (including phenoxy) is 1. The number of hydrogen-bond acceptors (Lipinski definition) is 7. The Hall–Kier alpha value is -3.30. The molecule has 0 aromatic rings. The van der Waals surface area contributed by atoms with Gasteiger partial charge in [0.05, 0.1) is 17.0 Å². The van der Waals surface area contributed by atoms with Crippen LogP contribution in [0.4, 0.5) is 0 Å². The molecular weight excluding hydrogens is 312 g/mol. The topological polar surface area (TPSA) is 150 Å². The highest BCUT2D eigenvalue weighted by molar-refractivity contribution is 5.90. The summed E-state index contributed by atoms with van der Waals surface area (Å²) >= 11 is 0. The number of aliphatic carboxylic acids is 1. The first-order valence-corrected chi connectivity index (χ1v) is 6.18. The number of carboxylic acid groups (broad SMARTS) is 1. The molecule has 0 aromatic heterocycles. The molecule has 122 valence electrons. The highest BCUT2D eigenvalue weighted by Crippen LogP contribution is 2.18. The van der Waals surface area contributed by atoms with Crippen LogP contribution in [0.1, 0.15) is 12.8 Å². The predicted octanol–water partition coefficient (Wildman–Crippen LogP) is 1.21. The van der Waals surface area contributed by atoms with Gasteiger partial charge in [-0.15, -0.1) is 0 Å². The molecule has 0 heterocycles. The zero-order valence-corrected chi connectivity index (χ0v) is 11.9. The molecule has 10 nitrogen and oxygen atoms in total. The largest absolute Gasteiger partial charge is 0.478 e. The second-order valence-electron chi connectivity index (χ2n) is 4.32. The first-order valence-electron chi connectivity index (χ1n) is 6.18. The fourth-order valence-electron chi connectivity index (χ4n) is 1.70. The second kappa shape index (κ2) is 7.64. The lowest BCUT2D eigenvalue weighted by atomic mass is 10.2. The Morgan fingerprint density at radius 3 is 1.78 bits per heavy atom. The Balaban J connectivity index is 0.000000231. The SMILES string of the molecule is COC(=O)C1=CC([N+](=O)[O-])=CC1.O=C(O)C1=CC([N+](=O)[O-])=CC1. The number of nitro groups is 2. The van der Waals surface area contributed by atoms with Gasteiger partial charge in [-0.3, -0.25) is 20.2 Å². The second-order valence-corrected chi connectivity index (χ2v) is 4.32. The predicted molar refractivity (Wildman–Crippen MR) is 75.2 cm³/mol. The number of carboxylic acids is 1. The molecule has 0 atom stereocenters. The number of rotatable bonds is 4. The molecule has 0 saturated heterocycles. The number of allylic oxidation sites excluding steroid dienone is 4. The summed E-state index contributed by atoms with van der Waals surface area (Å²) in [6, 6.07) is 0. The van der Waals surface area contributed by atoms with Gasteiger partial charge in [0.2, 0.25) is 0 Å². The van der Waals surface area contributed by atoms with Crippen molar-refractivity contribution in [1.82, 2.24) is 0 Å². The minimum Gasteiger partial charge on any atom is -0.478 e. The monoisotopic (exact) mass is 324 g/mol. The minimum absolute atomic E-state index is 0.0459. The van der Waals surface area contributed by atoms with Crippen LogP contribution >= 0.6 is 0 Å². The zero-order chi connectivity index (χ0) is 17.6. The van der Waals surface area contributed by atoms with Crippen LogP contribution in [-0.4, -0.2) is 34.0 Å². The number of methoxy groups -OCH3 is 1. The number of hydrogen-bond donors (Lipinski definition) is 1. The molecular formula is C13H12N2O8. The maximum atomic E-state index is 10.8. The third-order valence-corrected chi connectivity index (χ3v) is 2.85. The Morgan fingerprint density at radius 2 is 1.48 bits per heavy atom. The van der Waals surface area contributed by atoms with Crippen LogP contribution in [0.3, 0.4) is 0 Å². The lowest BCUT2D eigenvalue weighted by molar-refractivity contribution is -0.418. The van der Waals surface area contributed by atoms with E-state index in [1.807, 2.05) is 0 Å². The molecule has 0 aromatic carbocycles. The molecule has 0 fully saturated rings. The van der Waals surface area contributed by atoms with E-state index in [-0.39, 0.29) is 29.8 Å². The van der Waals surface area contributed by atoms with Gasteiger partial charge in [0.15, 0.2) is 0 Å². The van der Waals surface area contributed by atoms with Crippen molar-refractivity contribution in [1.29, 1.82) is 0 Å². The molecule has 0 unspecified atom stereocenters. The van der Waals surface area contributed by atoms with E-state index < -0.39 is 21.8 Å². The van der Waals surface area contributed by atoms with E-state index in [0.29, 0.717) is 5.57 Å². The van der Waals surface area contributed by atoms with Gasteiger partial charge in [-0.2, -0.15) is 0 Å². The molecule has 0 amide bonds. The van der Waals surface area contributed by atoms with Gasteiger partial charge in [0.1, 0.15) is 0 Å². The van der Waals surface area contributed by atoms with Crippen LogP contribution in [0, 0.1) is 20.2 Å². The molecule has 0 aliphatic heterocycles. The molecule has 2 rings (SSSR count). The Labute approximate surface area is 129 Å². The van der Waals surface area contributed by atoms with E-state index in [4.69, 9.17) is 5.11 Å². The summed E-state index contributed by atoms with van der Waals surface area (Å²) in [5.41, 5.74) is 0.207. The summed E-state index contributed by atoms with van der Waals surface area (Å²) in [7, 11) is 1.24. The number of carbonyl (C=O) groups excluding carboxylic acids is 1. The van der Waals surface area contributed by atoms with Gasteiger partial charge in [-0.1, -0.05) is 0 Å². The van der Waals surface area contributed by atoms with Crippen LogP contribution in [0.25, 0.3) is 0 Å². The van der Waals surface area contributed by atoms with Crippen molar-refractivity contribution in [2.75, 3.05) is 7.11 Å². The van der Waals surface area contributed by atoms with Crippen LogP contribution < -0.4 is 0 Å². The molecule has 10 heteroatoms. The number of esters is 1. The van der Waals surface area contributed by atoms with E-state index in [2.05, 4.69) is 4.74 Å². The summed E-state index contributed by atoms with van der Waals surface area (Å²) in [5, 5.41) is 28.7. The fourth-order valence-corrected chi connectivity index (χ4v) is 1.70. The average Bonchev–Trinajstić information content (AvgIpc) is 3.16. The Bertz CT molecular complexity index is 684. The third kappa shape index (κ3) is 4.88. The third-order valence-electron chi connectivity index (χ3n) is 2.85. The van der Waals surface area contributed by atoms with Gasteiger partial charge in [-0.05, 0) is 12.2 Å². The molecule has 0 spiro atoms. The number of carbonyl (C=O) groups is 2. The van der Waals surface area contributed by atoms with E-state index in [1.165, 1.54) is 25.3 Å². The molecule has 0 bridgehead atoms. The van der Waals surface area contributed by atoms with Gasteiger partial charge in [0, 0.05) is 36.1 Å². The molecule has 2 aliphatic rings. The van der Waals surface area contributed by atoms with Gasteiger partial charge < -0.3 is 9.84 Å². The summed E-state index contributed by atoms with van der Waals surface area (Å²) in [6.07, 6.45) is 5.39. The van der Waals surface area contributed by atoms with Crippen molar-refractivity contribution in [2.24, 2.45) is 0 Å². The lowest BCUT2D eigenvalue weighted by Crippen LogP contribution is -2.02. The van der Waals surface area contributed by atoms with E-state index >= 15 is 0 Å². The lowest BCUT2D eigenvalue weighted by Gasteiger charge is -1.95. The summed E-state index contributed by atoms with van der Waals surface area (Å²) < 4.78 is 4.40. The quantitative estimate of drug-likeness (QED) is 0.460. The van der Waals surface area contributed by atoms with Gasteiger partial charge in [-0.25, -0.2) is 9.59 Å². The summed E-state index contributed by atoms with van der Waals surface area (Å²) in [5.74, 6) is -1.61. The van der Waals surface area contributed by atoms with Crippen molar-refractivity contribution < 1.29 is 29.3 Å². The highest BCUT2D eigenvalue weighted by Gasteiger charge is 2.21. The summed E-state index contributed by atoms with van der Waals surface area (Å²) in [6.45, 7) is 0. The normalized spacial score (nSPS) is 15.3. The Morgan fingerprint density at radius 1 is 1.04 bits per heavy atom. The van der Waals surface area contributed by atoms with Crippen molar-refractivity contribution in [3.8, 4) is 0 Å².